The summed E-state index contributed by atoms with van der Waals surface area (Å²) < 4.78 is 27.9. The average Bonchev–Trinajstić information content (AvgIpc) is 3.03. The van der Waals surface area contributed by atoms with E-state index in [2.05, 4.69) is 51.6 Å². The second-order valence-corrected chi connectivity index (χ2v) is 13.6. The minimum absolute atomic E-state index is 0.351. The first-order valence-corrected chi connectivity index (χ1v) is 11.9. The van der Waals surface area contributed by atoms with Crippen LogP contribution in [-0.2, 0) is 4.43 Å². The fourth-order valence-corrected chi connectivity index (χ4v) is 9.85. The van der Waals surface area contributed by atoms with E-state index in [1.165, 1.54) is 13.2 Å². The highest BCUT2D eigenvalue weighted by Crippen LogP contribution is 2.43. The van der Waals surface area contributed by atoms with Gasteiger partial charge >= 0.3 is 0 Å². The van der Waals surface area contributed by atoms with Crippen LogP contribution in [0, 0.1) is 5.82 Å². The molecule has 2 N–H and O–H groups in total. The van der Waals surface area contributed by atoms with Gasteiger partial charge in [-0.1, -0.05) is 41.5 Å². The van der Waals surface area contributed by atoms with E-state index in [9.17, 15) is 4.39 Å². The fraction of sp³-hybridized carbons (Fsp3) is 0.600. The lowest BCUT2D eigenvalue weighted by Crippen LogP contribution is -2.48. The number of aromatic nitrogens is 3. The summed E-state index contributed by atoms with van der Waals surface area (Å²) >= 11 is 0. The van der Waals surface area contributed by atoms with Gasteiger partial charge in [0, 0.05) is 11.8 Å². The average molecular weight is 409 g/mol. The van der Waals surface area contributed by atoms with Crippen LogP contribution in [0.5, 0.6) is 5.88 Å². The number of anilines is 1. The highest BCUT2D eigenvalue weighted by Gasteiger charge is 2.45. The largest absolute Gasteiger partial charge is 0.481 e. The Morgan fingerprint density at radius 2 is 1.71 bits per heavy atom. The maximum absolute atomic E-state index is 14.0. The van der Waals surface area contributed by atoms with Gasteiger partial charge in [-0.3, -0.25) is 4.68 Å². The molecule has 0 spiro atoms. The Morgan fingerprint density at radius 1 is 1.11 bits per heavy atom. The Morgan fingerprint density at radius 3 is 2.18 bits per heavy atom. The molecule has 0 aliphatic carbocycles. The number of nitrogens with two attached hydrogens (primary N) is 1. The van der Waals surface area contributed by atoms with Gasteiger partial charge in [0.2, 0.25) is 5.88 Å². The molecule has 0 aliphatic heterocycles. The predicted octanol–water partition coefficient (Wildman–Crippen LogP) is 4.79. The molecule has 2 rings (SSSR count). The molecule has 2 heterocycles. The van der Waals surface area contributed by atoms with Crippen LogP contribution in [-0.4, -0.2) is 36.8 Å². The van der Waals surface area contributed by atoms with Gasteiger partial charge in [-0.15, -0.1) is 0 Å². The van der Waals surface area contributed by atoms with Gasteiger partial charge in [0.1, 0.15) is 11.9 Å². The van der Waals surface area contributed by atoms with Crippen molar-refractivity contribution in [2.75, 3.05) is 19.5 Å². The van der Waals surface area contributed by atoms with Crippen LogP contribution in [0.4, 0.5) is 10.1 Å². The minimum Gasteiger partial charge on any atom is -0.481 e. The van der Waals surface area contributed by atoms with Crippen LogP contribution < -0.4 is 10.5 Å². The first-order valence-electron chi connectivity index (χ1n) is 9.76. The summed E-state index contributed by atoms with van der Waals surface area (Å²) in [4.78, 5) is 4.09. The third-order valence-corrected chi connectivity index (χ3v) is 11.6. The quantitative estimate of drug-likeness (QED) is 0.604. The number of halogens is 1. The fourth-order valence-electron chi connectivity index (χ4n) is 4.41. The maximum atomic E-state index is 14.0. The Balaban J connectivity index is 2.48. The number of methoxy groups -OCH3 is 1. The van der Waals surface area contributed by atoms with E-state index >= 15 is 0 Å². The van der Waals surface area contributed by atoms with Crippen molar-refractivity contribution >= 4 is 14.0 Å². The zero-order valence-corrected chi connectivity index (χ0v) is 18.9. The van der Waals surface area contributed by atoms with Gasteiger partial charge in [-0.25, -0.2) is 9.37 Å². The molecule has 1 unspecified atom stereocenters. The Bertz CT molecular complexity index is 758. The molecular formula is C20H33FN4O2Si. The van der Waals surface area contributed by atoms with E-state index in [0.717, 1.165) is 6.20 Å². The highest BCUT2D eigenvalue weighted by atomic mass is 28.4. The molecule has 8 heteroatoms. The number of nitrogens with zero attached hydrogens (tertiary/aromatic N) is 3. The molecule has 0 aromatic carbocycles. The van der Waals surface area contributed by atoms with E-state index < -0.39 is 20.2 Å². The molecule has 0 fully saturated rings. The molecule has 0 amide bonds. The molecule has 0 saturated carbocycles. The third kappa shape index (κ3) is 4.38. The molecule has 6 nitrogen and oxygen atoms in total. The first-order chi connectivity index (χ1) is 13.1. The molecule has 2 aromatic heterocycles. The van der Waals surface area contributed by atoms with Crippen LogP contribution in [0.1, 0.15) is 53.1 Å². The molecule has 156 valence electrons. The Labute approximate surface area is 168 Å². The van der Waals surface area contributed by atoms with Gasteiger partial charge in [-0.2, -0.15) is 5.10 Å². The van der Waals surface area contributed by atoms with Crippen LogP contribution in [0.25, 0.3) is 0 Å². The number of hydrogen-bond donors (Lipinski definition) is 1. The maximum Gasteiger partial charge on any atom is 0.218 e. The van der Waals surface area contributed by atoms with Crippen molar-refractivity contribution in [3.63, 3.8) is 0 Å². The number of hydrogen-bond acceptors (Lipinski definition) is 5. The molecule has 0 aliphatic rings. The number of ether oxygens (including phenoxy) is 1. The zero-order chi connectivity index (χ0) is 21.1. The lowest BCUT2D eigenvalue weighted by atomic mass is 10.1. The van der Waals surface area contributed by atoms with Crippen LogP contribution >= 0.6 is 0 Å². The first kappa shape index (κ1) is 22.4. The summed E-state index contributed by atoms with van der Waals surface area (Å²) in [5.74, 6) is -0.0732. The molecule has 2 aromatic rings. The van der Waals surface area contributed by atoms with E-state index in [4.69, 9.17) is 14.9 Å². The van der Waals surface area contributed by atoms with Crippen LogP contribution in [0.15, 0.2) is 24.7 Å². The summed E-state index contributed by atoms with van der Waals surface area (Å²) in [6, 6.07) is 1.04. The van der Waals surface area contributed by atoms with Crippen molar-refractivity contribution in [3.05, 3.63) is 36.0 Å². The Hall–Kier alpha value is -1.93. The molecule has 1 atom stereocenters. The zero-order valence-electron chi connectivity index (χ0n) is 17.9. The number of rotatable bonds is 9. The normalized spacial score (nSPS) is 13.5. The van der Waals surface area contributed by atoms with E-state index in [0.29, 0.717) is 40.4 Å². The molecule has 0 saturated heterocycles. The standard InChI is InChI=1S/C20H33FN4O2Si/c1-13(2)28(14(3)4,15(5)6)27-12-19(25-11-17(22)10-24-25)18-8-16(21)9-23-20(18)26-7/h8-11,13-15,19H,12,22H2,1-7H3. The monoisotopic (exact) mass is 408 g/mol. The van der Waals surface area contributed by atoms with Crippen LogP contribution in [0.3, 0.4) is 0 Å². The lowest BCUT2D eigenvalue weighted by molar-refractivity contribution is 0.228. The second kappa shape index (κ2) is 9.04. The smallest absolute Gasteiger partial charge is 0.218 e. The topological polar surface area (TPSA) is 75.2 Å². The van der Waals surface area contributed by atoms with Crippen molar-refractivity contribution in [3.8, 4) is 5.88 Å². The second-order valence-electron chi connectivity index (χ2n) is 8.15. The van der Waals surface area contributed by atoms with Crippen molar-refractivity contribution < 1.29 is 13.6 Å². The van der Waals surface area contributed by atoms with Gasteiger partial charge in [0.15, 0.2) is 8.32 Å². The third-order valence-electron chi connectivity index (χ3n) is 5.54. The van der Waals surface area contributed by atoms with Gasteiger partial charge in [0.05, 0.1) is 31.8 Å². The SMILES string of the molecule is COc1ncc(F)cc1C(CO[Si](C(C)C)(C(C)C)C(C)C)n1cc(N)cn1. The summed E-state index contributed by atoms with van der Waals surface area (Å²) in [7, 11) is -0.596. The summed E-state index contributed by atoms with van der Waals surface area (Å²) in [5, 5.41) is 4.35. The van der Waals surface area contributed by atoms with Crippen molar-refractivity contribution in [1.82, 2.24) is 14.8 Å². The summed E-state index contributed by atoms with van der Waals surface area (Å²) in [5.41, 5.74) is 8.31. The van der Waals surface area contributed by atoms with Gasteiger partial charge < -0.3 is 14.9 Å². The molecular weight excluding hydrogens is 375 g/mol. The van der Waals surface area contributed by atoms with Crippen molar-refractivity contribution in [1.29, 1.82) is 0 Å². The molecule has 28 heavy (non-hydrogen) atoms. The van der Waals surface area contributed by atoms with Gasteiger partial charge in [-0.05, 0) is 22.7 Å². The van der Waals surface area contributed by atoms with Crippen molar-refractivity contribution in [2.24, 2.45) is 0 Å². The number of pyridine rings is 1. The summed E-state index contributed by atoms with van der Waals surface area (Å²) in [6.45, 7) is 13.8. The Kier molecular flexibility index (Phi) is 7.22. The van der Waals surface area contributed by atoms with E-state index in [-0.39, 0.29) is 0 Å². The van der Waals surface area contributed by atoms with Gasteiger partial charge in [0.25, 0.3) is 0 Å². The van der Waals surface area contributed by atoms with Crippen LogP contribution in [0.2, 0.25) is 16.6 Å². The number of nitrogen functional groups attached to an aromatic ring is 1. The minimum atomic E-state index is -2.12. The molecule has 0 radical (unpaired) electrons. The van der Waals surface area contributed by atoms with E-state index in [1.807, 2.05) is 0 Å². The molecule has 0 bridgehead atoms. The van der Waals surface area contributed by atoms with Crippen molar-refractivity contribution in [2.45, 2.75) is 64.2 Å². The lowest BCUT2D eigenvalue weighted by Gasteiger charge is -2.43. The van der Waals surface area contributed by atoms with E-state index in [1.54, 1.807) is 17.1 Å². The highest BCUT2D eigenvalue weighted by molar-refractivity contribution is 6.77. The predicted molar refractivity (Wildman–Crippen MR) is 113 cm³/mol. The summed E-state index contributed by atoms with van der Waals surface area (Å²) in [6.07, 6.45) is 4.44.